The van der Waals surface area contributed by atoms with Crippen molar-refractivity contribution in [3.63, 3.8) is 0 Å². The van der Waals surface area contributed by atoms with Gasteiger partial charge in [0.2, 0.25) is 0 Å². The molecule has 35 nitrogen and oxygen atoms in total. The molecule has 21 fully saturated rings. The molecule has 484 valence electrons. The van der Waals surface area contributed by atoms with Crippen LogP contribution >= 0.6 is 0 Å². The lowest BCUT2D eigenvalue weighted by atomic mass is 9.94. The molecular formula is C48H86N2O33+2. The molecular weight excluding hydrogens is 1130 g/mol. The van der Waals surface area contributed by atoms with Gasteiger partial charge in [-0.15, -0.1) is 0 Å². The minimum Gasteiger partial charge on any atom is -0.394 e. The second-order valence-corrected chi connectivity index (χ2v) is 24.2. The maximum absolute atomic E-state index is 11.9. The molecule has 35 atom stereocenters. The van der Waals surface area contributed by atoms with Crippen molar-refractivity contribution in [2.75, 3.05) is 88.4 Å². The van der Waals surface area contributed by atoms with Crippen LogP contribution in [0.15, 0.2) is 0 Å². The van der Waals surface area contributed by atoms with Crippen LogP contribution in [0.5, 0.6) is 0 Å². The molecule has 35 heteroatoms. The summed E-state index contributed by atoms with van der Waals surface area (Å²) in [5, 5.41) is 214. The molecule has 19 N–H and O–H groups in total. The molecule has 0 aromatic heterocycles. The summed E-state index contributed by atoms with van der Waals surface area (Å²) < 4.78 is 82.9. The molecule has 0 aromatic carbocycles. The fraction of sp³-hybridized carbons (Fsp3) is 1.00. The molecule has 21 aliphatic heterocycles. The third-order valence-corrected chi connectivity index (χ3v) is 15.9. The molecule has 0 spiro atoms. The lowest BCUT2D eigenvalue weighted by molar-refractivity contribution is -0.875. The van der Waals surface area contributed by atoms with Crippen LogP contribution in [0.3, 0.4) is 0 Å². The topological polar surface area (TPSA) is 514 Å². The van der Waals surface area contributed by atoms with Crippen molar-refractivity contribution in [1.29, 1.82) is 0 Å². The molecule has 0 unspecified atom stereocenters. The molecule has 0 aliphatic carbocycles. The molecule has 21 aliphatic rings. The van der Waals surface area contributed by atoms with Crippen molar-refractivity contribution < 1.29 is 172 Å². The van der Waals surface area contributed by atoms with Crippen LogP contribution in [-0.2, 0) is 66.3 Å². The standard InChI is InChI=1S/C48H86N2O33/c1-49(2,3)7-14-35-22(57)29(64)43(71-14)79-37-16(9-51)73-45(31(66)24(37)59)81-39-18(11-53)75-47(33(68)26(39)61)83-41-20(13-55)76-48(34(69)27(41)62)82-40-19(12-54)74-46(32(67)25(40)60)80-38-17(10-52)72-44(30(65)23(38)58)78-36-15(8-50(4,5)6)70-42(77-35)28(63)21(36)56/h14-48,51-69H,7-13H2,1-6H3/q+2/t14-,15-,16-,17-,18-,19-,20-,21-,22-,23-,24-,25-,26-,27-,28-,29-,30-,31-,32-,33-,34-,35-,36-,37-,38-,39-,40-,41-,42-,43-,44-,45-,46-,47-,48-/m1/s1. The quantitative estimate of drug-likeness (QED) is 0.0953. The van der Waals surface area contributed by atoms with E-state index in [1.165, 1.54) is 0 Å². The zero-order chi connectivity index (χ0) is 61.1. The van der Waals surface area contributed by atoms with Crippen molar-refractivity contribution in [3.8, 4) is 0 Å². The SMILES string of the molecule is C[N+](C)(C)C[C@H]1O[C@@H]2O[C@H]3[C@H](O)[C@@H](O)[C@@H](O[C@H]4[C@H](O)[C@@H](O)[C@@H](O[C@H]5[C@H](O)[C@@H](O)[C@@H](O[C@H]6[C@H](O)[C@@H](O)[C@@H](O[C@H]7[C@H](O)[C@@H](O)[C@@H](O[C@H]8[C@H](O)[C@@H](O)[C@@H](O[C@H]1[C@H](O)[C@H]2O)O[C@@H]8CO)O[C@@H]7CO)O[C@@H]6CO)O[C@@H]5CO)O[C@@H]4CO)O[C@@H]3C[N+](C)(C)C. The van der Waals surface area contributed by atoms with E-state index in [1.54, 1.807) is 42.3 Å². The summed E-state index contributed by atoms with van der Waals surface area (Å²) in [7, 11) is 10.4. The van der Waals surface area contributed by atoms with Gasteiger partial charge in [0.05, 0.1) is 75.3 Å². The molecule has 21 heterocycles. The highest BCUT2D eigenvalue weighted by atomic mass is 16.8. The Kier molecular flexibility index (Phi) is 22.3. The van der Waals surface area contributed by atoms with Crippen molar-refractivity contribution >= 4 is 0 Å². The predicted molar refractivity (Wildman–Crippen MR) is 260 cm³/mol. The number of aliphatic hydroxyl groups is 19. The van der Waals surface area contributed by atoms with Gasteiger partial charge in [-0.05, 0) is 0 Å². The molecule has 14 bridgehead atoms. The van der Waals surface area contributed by atoms with E-state index in [1.807, 2.05) is 0 Å². The third-order valence-electron chi connectivity index (χ3n) is 15.9. The first-order valence-electron chi connectivity index (χ1n) is 27.3. The first kappa shape index (κ1) is 67.5. The van der Waals surface area contributed by atoms with Crippen LogP contribution in [0.25, 0.3) is 0 Å². The Balaban J connectivity index is 1.12. The van der Waals surface area contributed by atoms with E-state index in [0.717, 1.165) is 0 Å². The molecule has 0 radical (unpaired) electrons. The molecule has 0 amide bonds. The summed E-state index contributed by atoms with van der Waals surface area (Å²) in [6.07, 6.45) is -66.9. The number of rotatable bonds is 9. The highest BCUT2D eigenvalue weighted by molar-refractivity contribution is 5.02. The predicted octanol–water partition coefficient (Wildman–Crippen LogP) is -13.8. The number of hydrogen-bond donors (Lipinski definition) is 19. The number of nitrogens with zero attached hydrogens (tertiary/aromatic N) is 2. The summed E-state index contributed by atoms with van der Waals surface area (Å²) in [6.45, 7) is -5.15. The minimum absolute atomic E-state index is 0.0479. The van der Waals surface area contributed by atoms with Gasteiger partial charge in [0, 0.05) is 0 Å². The fourth-order valence-electron chi connectivity index (χ4n) is 11.5. The number of likely N-dealkylation sites (N-methyl/N-ethyl adjacent to an activating group) is 2. The van der Waals surface area contributed by atoms with E-state index in [2.05, 4.69) is 0 Å². The van der Waals surface area contributed by atoms with Crippen LogP contribution in [-0.4, -0.2) is 409 Å². The minimum atomic E-state index is -2.19. The lowest BCUT2D eigenvalue weighted by Gasteiger charge is -2.50. The average Bonchev–Trinajstić information content (AvgIpc) is 3.28. The number of ether oxygens (including phenoxy) is 14. The van der Waals surface area contributed by atoms with Crippen molar-refractivity contribution in [1.82, 2.24) is 0 Å². The maximum Gasteiger partial charge on any atom is 0.187 e. The Hall–Kier alpha value is -1.40. The highest BCUT2D eigenvalue weighted by Crippen LogP contribution is 2.39. The number of aliphatic hydroxyl groups excluding tert-OH is 19. The van der Waals surface area contributed by atoms with Gasteiger partial charge < -0.3 is 172 Å². The first-order chi connectivity index (χ1) is 38.9. The molecule has 21 saturated heterocycles. The zero-order valence-electron chi connectivity index (χ0n) is 46.3. The summed E-state index contributed by atoms with van der Waals surface area (Å²) in [5.41, 5.74) is 0. The first-order valence-corrected chi connectivity index (χ1v) is 27.3. The van der Waals surface area contributed by atoms with Crippen molar-refractivity contribution in [3.05, 3.63) is 0 Å². The Bertz CT molecular complexity index is 2010. The molecule has 83 heavy (non-hydrogen) atoms. The van der Waals surface area contributed by atoms with Crippen molar-refractivity contribution in [2.24, 2.45) is 0 Å². The number of hydrogen-bond acceptors (Lipinski definition) is 33. The van der Waals surface area contributed by atoms with Gasteiger partial charge >= 0.3 is 0 Å². The molecule has 0 saturated carbocycles. The zero-order valence-corrected chi connectivity index (χ0v) is 46.3. The average molecular weight is 1220 g/mol. The van der Waals surface area contributed by atoms with Gasteiger partial charge in [0.1, 0.15) is 184 Å². The molecule has 0 aromatic rings. The van der Waals surface area contributed by atoms with Crippen LogP contribution in [0.1, 0.15) is 0 Å². The normalized spacial score (nSPS) is 52.7. The van der Waals surface area contributed by atoms with E-state index in [9.17, 15) is 97.0 Å². The summed E-state index contributed by atoms with van der Waals surface area (Å²) >= 11 is 0. The lowest BCUT2D eigenvalue weighted by Crippen LogP contribution is -2.69. The smallest absolute Gasteiger partial charge is 0.187 e. The summed E-state index contributed by atoms with van der Waals surface area (Å²) in [4.78, 5) is 0. The van der Waals surface area contributed by atoms with E-state index >= 15 is 0 Å². The Morgan fingerprint density at radius 1 is 0.205 bits per heavy atom. The van der Waals surface area contributed by atoms with Gasteiger partial charge in [-0.1, -0.05) is 0 Å². The highest BCUT2D eigenvalue weighted by Gasteiger charge is 2.60. The van der Waals surface area contributed by atoms with E-state index in [-0.39, 0.29) is 22.1 Å². The van der Waals surface area contributed by atoms with Gasteiger partial charge in [0.15, 0.2) is 44.0 Å². The number of quaternary nitrogens is 2. The van der Waals surface area contributed by atoms with Gasteiger partial charge in [-0.3, -0.25) is 0 Å². The molecule has 21 rings (SSSR count). The Labute approximate surface area is 474 Å². The monoisotopic (exact) mass is 1220 g/mol. The van der Waals surface area contributed by atoms with Gasteiger partial charge in [-0.25, -0.2) is 0 Å². The van der Waals surface area contributed by atoms with E-state index in [4.69, 9.17) is 66.3 Å². The van der Waals surface area contributed by atoms with Crippen LogP contribution < -0.4 is 0 Å². The summed E-state index contributed by atoms with van der Waals surface area (Å²) in [6, 6.07) is 0. The van der Waals surface area contributed by atoms with Gasteiger partial charge in [-0.2, -0.15) is 0 Å². The van der Waals surface area contributed by atoms with Crippen LogP contribution in [0.4, 0.5) is 0 Å². The van der Waals surface area contributed by atoms with Gasteiger partial charge in [0.25, 0.3) is 0 Å². The summed E-state index contributed by atoms with van der Waals surface area (Å²) in [5.74, 6) is 0. The third kappa shape index (κ3) is 14.3. The maximum atomic E-state index is 11.9. The van der Waals surface area contributed by atoms with Crippen LogP contribution in [0, 0.1) is 0 Å². The second kappa shape index (κ2) is 27.4. The van der Waals surface area contributed by atoms with Crippen LogP contribution in [0.2, 0.25) is 0 Å². The largest absolute Gasteiger partial charge is 0.394 e. The Morgan fingerprint density at radius 2 is 0.337 bits per heavy atom. The fourth-order valence-corrected chi connectivity index (χ4v) is 11.5. The van der Waals surface area contributed by atoms with E-state index < -0.39 is 248 Å². The Morgan fingerprint density at radius 3 is 0.470 bits per heavy atom. The van der Waals surface area contributed by atoms with Crippen molar-refractivity contribution in [2.45, 2.75) is 215 Å². The van der Waals surface area contributed by atoms with E-state index in [0.29, 0.717) is 0 Å². The second-order valence-electron chi connectivity index (χ2n) is 24.2.